The second kappa shape index (κ2) is 6.10. The average molecular weight is 336 g/mol. The molecule has 2 aromatic rings. The summed E-state index contributed by atoms with van der Waals surface area (Å²) < 4.78 is 22.8. The highest BCUT2D eigenvalue weighted by Gasteiger charge is 2.28. The molecule has 1 saturated heterocycles. The summed E-state index contributed by atoms with van der Waals surface area (Å²) in [5.74, 6) is 0.168. The lowest BCUT2D eigenvalue weighted by Crippen LogP contribution is -2.38. The molecular weight excluding hydrogens is 320 g/mol. The van der Waals surface area contributed by atoms with E-state index in [1.54, 1.807) is 11.3 Å². The number of hydrogen-bond acceptors (Lipinski definition) is 4. The van der Waals surface area contributed by atoms with Gasteiger partial charge in [-0.25, -0.2) is 13.2 Å². The van der Waals surface area contributed by atoms with Crippen LogP contribution in [0.3, 0.4) is 0 Å². The second-order valence-electron chi connectivity index (χ2n) is 5.26. The van der Waals surface area contributed by atoms with Crippen LogP contribution in [0, 0.1) is 0 Å². The summed E-state index contributed by atoms with van der Waals surface area (Å²) >= 11 is 1.63. The van der Waals surface area contributed by atoms with Crippen LogP contribution in [0.4, 0.5) is 10.5 Å². The standard InChI is InChI=1S/C15H16N2O3S2/c18-15(17-13-6-8-22(19,20)10-13)16-12-4-1-3-11(9-12)14-5-2-7-21-14/h1-5,7,9,13H,6,8,10H2,(H2,16,17,18). The maximum Gasteiger partial charge on any atom is 0.319 e. The van der Waals surface area contributed by atoms with Gasteiger partial charge in [-0.15, -0.1) is 11.3 Å². The summed E-state index contributed by atoms with van der Waals surface area (Å²) in [4.78, 5) is 13.1. The molecule has 1 unspecified atom stereocenters. The van der Waals surface area contributed by atoms with Crippen LogP contribution in [0.1, 0.15) is 6.42 Å². The van der Waals surface area contributed by atoms with E-state index in [0.29, 0.717) is 12.1 Å². The zero-order valence-electron chi connectivity index (χ0n) is 11.8. The molecule has 22 heavy (non-hydrogen) atoms. The highest BCUT2D eigenvalue weighted by Crippen LogP contribution is 2.26. The molecule has 5 nitrogen and oxygen atoms in total. The Morgan fingerprint density at radius 2 is 2.09 bits per heavy atom. The number of hydrogen-bond donors (Lipinski definition) is 2. The van der Waals surface area contributed by atoms with E-state index in [1.165, 1.54) is 0 Å². The molecule has 1 atom stereocenters. The molecule has 0 aliphatic carbocycles. The Morgan fingerprint density at radius 1 is 1.23 bits per heavy atom. The van der Waals surface area contributed by atoms with Gasteiger partial charge in [-0.3, -0.25) is 0 Å². The Morgan fingerprint density at radius 3 is 2.77 bits per heavy atom. The van der Waals surface area contributed by atoms with E-state index < -0.39 is 9.84 Å². The number of amides is 2. The van der Waals surface area contributed by atoms with Crippen LogP contribution in [0.5, 0.6) is 0 Å². The first-order valence-electron chi connectivity index (χ1n) is 6.94. The Kier molecular flexibility index (Phi) is 4.17. The van der Waals surface area contributed by atoms with Gasteiger partial charge in [-0.1, -0.05) is 18.2 Å². The number of rotatable bonds is 3. The van der Waals surface area contributed by atoms with Crippen LogP contribution in [0.25, 0.3) is 10.4 Å². The van der Waals surface area contributed by atoms with E-state index in [0.717, 1.165) is 10.4 Å². The number of benzene rings is 1. The molecule has 7 heteroatoms. The zero-order chi connectivity index (χ0) is 15.6. The first-order chi connectivity index (χ1) is 10.5. The van der Waals surface area contributed by atoms with Crippen LogP contribution >= 0.6 is 11.3 Å². The van der Waals surface area contributed by atoms with Gasteiger partial charge in [0, 0.05) is 16.6 Å². The Labute approximate surface area is 133 Å². The summed E-state index contributed by atoms with van der Waals surface area (Å²) in [5, 5.41) is 7.47. The Bertz CT molecular complexity index is 770. The van der Waals surface area contributed by atoms with E-state index in [4.69, 9.17) is 0 Å². The van der Waals surface area contributed by atoms with Crippen molar-refractivity contribution >= 4 is 32.9 Å². The van der Waals surface area contributed by atoms with E-state index >= 15 is 0 Å². The number of nitrogens with one attached hydrogen (secondary N) is 2. The smallest absolute Gasteiger partial charge is 0.319 e. The van der Waals surface area contributed by atoms with E-state index in [1.807, 2.05) is 41.8 Å². The van der Waals surface area contributed by atoms with Crippen molar-refractivity contribution in [2.24, 2.45) is 0 Å². The maximum atomic E-state index is 12.0. The number of thiophene rings is 1. The monoisotopic (exact) mass is 336 g/mol. The quantitative estimate of drug-likeness (QED) is 0.905. The van der Waals surface area contributed by atoms with E-state index in [9.17, 15) is 13.2 Å². The molecule has 1 aliphatic rings. The molecule has 116 valence electrons. The zero-order valence-corrected chi connectivity index (χ0v) is 13.4. The van der Waals surface area contributed by atoms with Crippen molar-refractivity contribution in [3.05, 3.63) is 41.8 Å². The third-order valence-corrected chi connectivity index (χ3v) is 6.18. The van der Waals surface area contributed by atoms with Crippen LogP contribution in [-0.2, 0) is 9.84 Å². The summed E-state index contributed by atoms with van der Waals surface area (Å²) in [5.41, 5.74) is 1.72. The third kappa shape index (κ3) is 3.66. The summed E-state index contributed by atoms with van der Waals surface area (Å²) in [6.07, 6.45) is 0.477. The predicted molar refractivity (Wildman–Crippen MR) is 89.0 cm³/mol. The molecule has 2 amide bonds. The summed E-state index contributed by atoms with van der Waals surface area (Å²) in [6.45, 7) is 0. The molecule has 0 saturated carbocycles. The molecular formula is C15H16N2O3S2. The summed E-state index contributed by atoms with van der Waals surface area (Å²) in [7, 11) is -2.99. The molecule has 0 spiro atoms. The topological polar surface area (TPSA) is 75.3 Å². The Hall–Kier alpha value is -1.86. The second-order valence-corrected chi connectivity index (χ2v) is 8.43. The normalized spacial score (nSPS) is 19.7. The molecule has 2 N–H and O–H groups in total. The number of anilines is 1. The fourth-order valence-electron chi connectivity index (χ4n) is 2.45. The fraction of sp³-hybridized carbons (Fsp3) is 0.267. The molecule has 1 aromatic carbocycles. The largest absolute Gasteiger partial charge is 0.334 e. The predicted octanol–water partition coefficient (Wildman–Crippen LogP) is 2.72. The van der Waals surface area contributed by atoms with Gasteiger partial charge in [0.1, 0.15) is 0 Å². The van der Waals surface area contributed by atoms with Gasteiger partial charge in [0.15, 0.2) is 9.84 Å². The molecule has 3 rings (SSSR count). The van der Waals surface area contributed by atoms with Gasteiger partial charge in [0.25, 0.3) is 0 Å². The van der Waals surface area contributed by atoms with Crippen LogP contribution in [0.2, 0.25) is 0 Å². The molecule has 1 fully saturated rings. The average Bonchev–Trinajstić information content (AvgIpc) is 3.09. The fourth-order valence-corrected chi connectivity index (χ4v) is 4.85. The van der Waals surface area contributed by atoms with E-state index in [2.05, 4.69) is 10.6 Å². The van der Waals surface area contributed by atoms with Crippen molar-refractivity contribution in [2.45, 2.75) is 12.5 Å². The summed E-state index contributed by atoms with van der Waals surface area (Å²) in [6, 6.07) is 10.9. The van der Waals surface area contributed by atoms with Gasteiger partial charge in [-0.05, 0) is 35.6 Å². The van der Waals surface area contributed by atoms with Crippen LogP contribution in [0.15, 0.2) is 41.8 Å². The molecule has 0 radical (unpaired) electrons. The molecule has 1 aliphatic heterocycles. The molecule has 2 heterocycles. The van der Waals surface area contributed by atoms with Crippen molar-refractivity contribution < 1.29 is 13.2 Å². The number of sulfone groups is 1. The molecule has 1 aromatic heterocycles. The minimum absolute atomic E-state index is 0.0235. The van der Waals surface area contributed by atoms with Crippen LogP contribution < -0.4 is 10.6 Å². The van der Waals surface area contributed by atoms with Gasteiger partial charge in [0.2, 0.25) is 0 Å². The number of urea groups is 1. The van der Waals surface area contributed by atoms with Crippen molar-refractivity contribution in [3.8, 4) is 10.4 Å². The van der Waals surface area contributed by atoms with Crippen LogP contribution in [-0.4, -0.2) is 32.0 Å². The minimum Gasteiger partial charge on any atom is -0.334 e. The highest BCUT2D eigenvalue weighted by atomic mass is 32.2. The van der Waals surface area contributed by atoms with Crippen molar-refractivity contribution in [3.63, 3.8) is 0 Å². The number of carbonyl (C=O) groups excluding carboxylic acids is 1. The lowest BCUT2D eigenvalue weighted by Gasteiger charge is -2.12. The van der Waals surface area contributed by atoms with Crippen molar-refractivity contribution in [2.75, 3.05) is 16.8 Å². The number of carbonyl (C=O) groups is 1. The van der Waals surface area contributed by atoms with E-state index in [-0.39, 0.29) is 23.6 Å². The van der Waals surface area contributed by atoms with Gasteiger partial charge in [0.05, 0.1) is 11.5 Å². The van der Waals surface area contributed by atoms with Gasteiger partial charge in [-0.2, -0.15) is 0 Å². The van der Waals surface area contributed by atoms with Gasteiger partial charge >= 0.3 is 6.03 Å². The minimum atomic E-state index is -2.99. The lowest BCUT2D eigenvalue weighted by atomic mass is 10.1. The first kappa shape index (κ1) is 15.1. The first-order valence-corrected chi connectivity index (χ1v) is 9.64. The maximum absolute atomic E-state index is 12.0. The third-order valence-electron chi connectivity index (χ3n) is 3.49. The lowest BCUT2D eigenvalue weighted by molar-refractivity contribution is 0.249. The SMILES string of the molecule is O=C(Nc1cccc(-c2cccs2)c1)NC1CCS(=O)(=O)C1. The van der Waals surface area contributed by atoms with Crippen molar-refractivity contribution in [1.82, 2.24) is 5.32 Å². The highest BCUT2D eigenvalue weighted by molar-refractivity contribution is 7.91. The van der Waals surface area contributed by atoms with Gasteiger partial charge < -0.3 is 10.6 Å². The Balaban J connectivity index is 1.63. The van der Waals surface area contributed by atoms with Crippen molar-refractivity contribution in [1.29, 1.82) is 0 Å². The molecule has 0 bridgehead atoms.